The summed E-state index contributed by atoms with van der Waals surface area (Å²) in [5.74, 6) is 5.38. The van der Waals surface area contributed by atoms with E-state index >= 15 is 0 Å². The second kappa shape index (κ2) is 15.4. The largest absolute Gasteiger partial charge is 0.494 e. The lowest BCUT2D eigenvalue weighted by Gasteiger charge is -2.26. The van der Waals surface area contributed by atoms with Crippen LogP contribution in [0.2, 0.25) is 0 Å². The Balaban J connectivity index is 1.64. The monoisotopic (exact) mass is 595 g/mol. The molecule has 0 aliphatic heterocycles. The van der Waals surface area contributed by atoms with Crippen LogP contribution >= 0.6 is 0 Å². The maximum atomic E-state index is 13.3. The Bertz CT molecular complexity index is 1490. The van der Waals surface area contributed by atoms with Gasteiger partial charge in [-0.15, -0.1) is 5.92 Å². The molecule has 1 atom stereocenters. The molecule has 0 fully saturated rings. The topological polar surface area (TPSA) is 146 Å². The molecule has 1 unspecified atom stereocenters. The van der Waals surface area contributed by atoms with Crippen molar-refractivity contribution in [1.82, 2.24) is 14.7 Å². The van der Waals surface area contributed by atoms with Crippen molar-refractivity contribution in [1.29, 1.82) is 0 Å². The van der Waals surface area contributed by atoms with Gasteiger partial charge in [-0.05, 0) is 60.9 Å². The van der Waals surface area contributed by atoms with E-state index in [4.69, 9.17) is 9.47 Å². The minimum absolute atomic E-state index is 0.0720. The average Bonchev–Trinajstić information content (AvgIpc) is 3.00. The van der Waals surface area contributed by atoms with Crippen molar-refractivity contribution in [2.45, 2.75) is 30.8 Å². The smallest absolute Gasteiger partial charge is 0.407 e. The number of nitrogens with one attached hydrogen (secondary N) is 1. The molecule has 2 amide bonds. The zero-order valence-corrected chi connectivity index (χ0v) is 24.1. The Kier molecular flexibility index (Phi) is 11.7. The molecule has 0 saturated heterocycles. The van der Waals surface area contributed by atoms with Gasteiger partial charge in [0.15, 0.2) is 0 Å². The third-order valence-corrected chi connectivity index (χ3v) is 8.07. The number of rotatable bonds is 14. The zero-order chi connectivity index (χ0) is 30.5. The standard InChI is InChI=1S/C30H33N3O8S/c1-3-4-20-40-26-15-17-27(18-16-26)42(38,39)32(2)28(29(34)31-37)24-11-13-25(14-12-24)41-21-8-19-33(30(35)36)22-23-9-6-5-7-10-23/h5-7,9-18,28,37H,8,19-22H2,1-2H3,(H,31,34)(H,35,36). The van der Waals surface area contributed by atoms with Crippen molar-refractivity contribution in [3.8, 4) is 23.3 Å². The summed E-state index contributed by atoms with van der Waals surface area (Å²) in [5, 5.41) is 18.8. The number of nitrogens with zero attached hydrogens (tertiary/aromatic N) is 2. The van der Waals surface area contributed by atoms with Crippen molar-refractivity contribution in [3.63, 3.8) is 0 Å². The minimum Gasteiger partial charge on any atom is -0.494 e. The fraction of sp³-hybridized carbons (Fsp3) is 0.267. The predicted octanol–water partition coefficient (Wildman–Crippen LogP) is 3.91. The van der Waals surface area contributed by atoms with Gasteiger partial charge in [-0.3, -0.25) is 10.0 Å². The molecule has 42 heavy (non-hydrogen) atoms. The highest BCUT2D eigenvalue weighted by Gasteiger charge is 2.34. The first-order valence-electron chi connectivity index (χ1n) is 13.0. The Labute approximate surface area is 245 Å². The summed E-state index contributed by atoms with van der Waals surface area (Å²) in [6, 6.07) is 19.8. The van der Waals surface area contributed by atoms with Crippen LogP contribution in [0.5, 0.6) is 11.5 Å². The summed E-state index contributed by atoms with van der Waals surface area (Å²) in [7, 11) is -2.91. The Morgan fingerprint density at radius 3 is 2.17 bits per heavy atom. The molecule has 3 aromatic rings. The van der Waals surface area contributed by atoms with E-state index in [0.29, 0.717) is 17.9 Å². The van der Waals surface area contributed by atoms with Crippen LogP contribution in [0, 0.1) is 11.8 Å². The van der Waals surface area contributed by atoms with E-state index in [1.807, 2.05) is 30.3 Å². The van der Waals surface area contributed by atoms with Crippen LogP contribution in [-0.4, -0.2) is 66.7 Å². The Hall–Kier alpha value is -4.57. The summed E-state index contributed by atoms with van der Waals surface area (Å²) < 4.78 is 38.7. The zero-order valence-electron chi connectivity index (χ0n) is 23.3. The first kappa shape index (κ1) is 32.0. The number of carbonyl (C=O) groups is 2. The molecule has 3 N–H and O–H groups in total. The van der Waals surface area contributed by atoms with Crippen LogP contribution in [0.15, 0.2) is 83.8 Å². The fourth-order valence-electron chi connectivity index (χ4n) is 4.03. The number of hydrogen-bond acceptors (Lipinski definition) is 7. The van der Waals surface area contributed by atoms with Gasteiger partial charge in [0.1, 0.15) is 24.1 Å². The molecule has 3 rings (SSSR count). The molecule has 0 aromatic heterocycles. The lowest BCUT2D eigenvalue weighted by molar-refractivity contribution is -0.133. The van der Waals surface area contributed by atoms with Crippen LogP contribution in [0.4, 0.5) is 4.79 Å². The molecule has 0 saturated carbocycles. The van der Waals surface area contributed by atoms with Crippen LogP contribution in [-0.2, 0) is 21.4 Å². The molecule has 222 valence electrons. The molecule has 0 radical (unpaired) electrons. The summed E-state index contributed by atoms with van der Waals surface area (Å²) in [6.45, 7) is 2.61. The van der Waals surface area contributed by atoms with Gasteiger partial charge in [-0.25, -0.2) is 18.7 Å². The van der Waals surface area contributed by atoms with E-state index in [1.165, 1.54) is 53.8 Å². The molecule has 0 aliphatic carbocycles. The van der Waals surface area contributed by atoms with E-state index in [-0.39, 0.29) is 36.8 Å². The van der Waals surface area contributed by atoms with Crippen LogP contribution in [0.3, 0.4) is 0 Å². The highest BCUT2D eigenvalue weighted by atomic mass is 32.2. The lowest BCUT2D eigenvalue weighted by atomic mass is 10.1. The number of benzene rings is 3. The molecule has 3 aromatic carbocycles. The quantitative estimate of drug-likeness (QED) is 0.110. The van der Waals surface area contributed by atoms with Gasteiger partial charge in [0.05, 0.1) is 11.5 Å². The van der Waals surface area contributed by atoms with Crippen molar-refractivity contribution in [2.75, 3.05) is 26.8 Å². The fourth-order valence-corrected chi connectivity index (χ4v) is 5.34. The predicted molar refractivity (Wildman–Crippen MR) is 154 cm³/mol. The van der Waals surface area contributed by atoms with Crippen molar-refractivity contribution in [2.24, 2.45) is 0 Å². The molecule has 0 heterocycles. The number of carboxylic acid groups (broad SMARTS) is 1. The molecular formula is C30H33N3O8S. The second-order valence-corrected chi connectivity index (χ2v) is 11.0. The number of hydroxylamine groups is 1. The van der Waals surface area contributed by atoms with Gasteiger partial charge in [0, 0.05) is 20.1 Å². The molecule has 0 bridgehead atoms. The number of likely N-dealkylation sites (N-methyl/N-ethyl adjacent to an activating group) is 1. The molecule has 0 spiro atoms. The van der Waals surface area contributed by atoms with Gasteiger partial charge >= 0.3 is 6.09 Å². The van der Waals surface area contributed by atoms with Crippen LogP contribution in [0.25, 0.3) is 0 Å². The number of carbonyl (C=O) groups excluding carboxylic acids is 1. The molecular weight excluding hydrogens is 562 g/mol. The highest BCUT2D eigenvalue weighted by Crippen LogP contribution is 2.29. The second-order valence-electron chi connectivity index (χ2n) is 9.05. The van der Waals surface area contributed by atoms with Crippen molar-refractivity contribution >= 4 is 22.0 Å². The Morgan fingerprint density at radius 2 is 1.57 bits per heavy atom. The van der Waals surface area contributed by atoms with Crippen LogP contribution in [0.1, 0.15) is 30.5 Å². The third-order valence-electron chi connectivity index (χ3n) is 6.23. The highest BCUT2D eigenvalue weighted by molar-refractivity contribution is 7.89. The first-order chi connectivity index (χ1) is 20.2. The number of sulfonamides is 1. The molecule has 11 nitrogen and oxygen atoms in total. The first-order valence-corrected chi connectivity index (χ1v) is 14.4. The molecule has 0 aliphatic rings. The van der Waals surface area contributed by atoms with Crippen molar-refractivity contribution < 1.29 is 37.8 Å². The van der Waals surface area contributed by atoms with Crippen molar-refractivity contribution in [3.05, 3.63) is 90.0 Å². The minimum atomic E-state index is -4.15. The third kappa shape index (κ3) is 8.71. The van der Waals surface area contributed by atoms with E-state index in [1.54, 1.807) is 19.1 Å². The normalized spacial score (nSPS) is 11.6. The summed E-state index contributed by atoms with van der Waals surface area (Å²) in [6.07, 6.45) is -0.589. The van der Waals surface area contributed by atoms with E-state index < -0.39 is 28.1 Å². The van der Waals surface area contributed by atoms with E-state index in [2.05, 4.69) is 11.8 Å². The SMILES string of the molecule is CC#CCOc1ccc(S(=O)(=O)N(C)C(C(=O)NO)c2ccc(OCCCN(Cc3ccccc3)C(=O)O)cc2)cc1. The number of amides is 2. The number of ether oxygens (including phenoxy) is 2. The maximum absolute atomic E-state index is 13.3. The summed E-state index contributed by atoms with van der Waals surface area (Å²) in [5.41, 5.74) is 2.71. The lowest BCUT2D eigenvalue weighted by Crippen LogP contribution is -2.40. The van der Waals surface area contributed by atoms with Gasteiger partial charge in [0.2, 0.25) is 10.0 Å². The van der Waals surface area contributed by atoms with Gasteiger partial charge in [0.25, 0.3) is 5.91 Å². The Morgan fingerprint density at radius 1 is 0.952 bits per heavy atom. The molecule has 12 heteroatoms. The van der Waals surface area contributed by atoms with Crippen LogP contribution < -0.4 is 15.0 Å². The van der Waals surface area contributed by atoms with Gasteiger partial charge in [-0.1, -0.05) is 48.4 Å². The van der Waals surface area contributed by atoms with Gasteiger partial charge in [-0.2, -0.15) is 4.31 Å². The summed E-state index contributed by atoms with van der Waals surface area (Å²) >= 11 is 0. The number of hydrogen-bond donors (Lipinski definition) is 3. The van der Waals surface area contributed by atoms with E-state index in [0.717, 1.165) is 9.87 Å². The van der Waals surface area contributed by atoms with Gasteiger partial charge < -0.3 is 19.5 Å². The summed E-state index contributed by atoms with van der Waals surface area (Å²) in [4.78, 5) is 25.4. The van der Waals surface area contributed by atoms with E-state index in [9.17, 15) is 28.3 Å². The maximum Gasteiger partial charge on any atom is 0.407 e. The average molecular weight is 596 g/mol.